The lowest BCUT2D eigenvalue weighted by Crippen LogP contribution is -2.37. The van der Waals surface area contributed by atoms with E-state index in [1.54, 1.807) is 7.11 Å². The van der Waals surface area contributed by atoms with Crippen LogP contribution in [0.15, 0.2) is 12.2 Å². The van der Waals surface area contributed by atoms with E-state index in [1.165, 1.54) is 0 Å². The summed E-state index contributed by atoms with van der Waals surface area (Å²) in [7, 11) is 1.73. The Labute approximate surface area is 69.6 Å². The van der Waals surface area contributed by atoms with E-state index in [2.05, 4.69) is 25.7 Å². The van der Waals surface area contributed by atoms with Gasteiger partial charge in [-0.25, -0.2) is 0 Å². The molecule has 0 aromatic rings. The van der Waals surface area contributed by atoms with Crippen LogP contribution in [0.25, 0.3) is 0 Å². The molecule has 0 aromatic heterocycles. The van der Waals surface area contributed by atoms with Gasteiger partial charge in [0, 0.05) is 19.7 Å². The lowest BCUT2D eigenvalue weighted by Gasteiger charge is -2.19. The summed E-state index contributed by atoms with van der Waals surface area (Å²) in [6.07, 6.45) is 0.259. The molecule has 0 saturated carbocycles. The molecule has 2 nitrogen and oxygen atoms in total. The molecule has 0 saturated heterocycles. The molecule has 2 unspecified atom stereocenters. The van der Waals surface area contributed by atoms with E-state index in [0.29, 0.717) is 6.04 Å². The van der Waals surface area contributed by atoms with E-state index >= 15 is 0 Å². The van der Waals surface area contributed by atoms with E-state index < -0.39 is 0 Å². The molecule has 2 atom stereocenters. The number of hydrogen-bond donors (Lipinski definition) is 1. The van der Waals surface area contributed by atoms with Crippen molar-refractivity contribution >= 4 is 0 Å². The Bertz CT molecular complexity index is 123. The Morgan fingerprint density at radius 1 is 1.55 bits per heavy atom. The number of ether oxygens (including phenoxy) is 1. The minimum absolute atomic E-state index is 0.259. The van der Waals surface area contributed by atoms with E-state index in [9.17, 15) is 0 Å². The van der Waals surface area contributed by atoms with Crippen molar-refractivity contribution in [3.05, 3.63) is 12.2 Å². The summed E-state index contributed by atoms with van der Waals surface area (Å²) in [6, 6.07) is 0.386. The minimum Gasteiger partial charge on any atom is -0.380 e. The van der Waals surface area contributed by atoms with Gasteiger partial charge in [-0.1, -0.05) is 12.2 Å². The average molecular weight is 157 g/mol. The molecule has 11 heavy (non-hydrogen) atoms. The minimum atomic E-state index is 0.259. The zero-order chi connectivity index (χ0) is 8.85. The van der Waals surface area contributed by atoms with Gasteiger partial charge in [-0.05, 0) is 20.8 Å². The molecule has 0 aromatic carbocycles. The van der Waals surface area contributed by atoms with Crippen LogP contribution in [0.2, 0.25) is 0 Å². The van der Waals surface area contributed by atoms with Crippen LogP contribution in [0.5, 0.6) is 0 Å². The molecule has 0 heterocycles. The average Bonchev–Trinajstić information content (AvgIpc) is 1.98. The summed E-state index contributed by atoms with van der Waals surface area (Å²) in [4.78, 5) is 0. The predicted molar refractivity (Wildman–Crippen MR) is 48.7 cm³/mol. The highest BCUT2D eigenvalue weighted by atomic mass is 16.5. The van der Waals surface area contributed by atoms with E-state index in [1.807, 2.05) is 6.92 Å². The molecule has 0 rings (SSSR count). The van der Waals surface area contributed by atoms with Gasteiger partial charge in [0.1, 0.15) is 0 Å². The first-order chi connectivity index (χ1) is 5.07. The number of hydrogen-bond acceptors (Lipinski definition) is 2. The molecule has 0 aliphatic heterocycles. The predicted octanol–water partition coefficient (Wildman–Crippen LogP) is 1.58. The molecule has 2 heteroatoms. The second kappa shape index (κ2) is 5.33. The fourth-order valence-electron chi connectivity index (χ4n) is 0.705. The van der Waals surface area contributed by atoms with Crippen LogP contribution < -0.4 is 5.32 Å². The lowest BCUT2D eigenvalue weighted by molar-refractivity contribution is 0.0898. The first-order valence-corrected chi connectivity index (χ1v) is 3.98. The van der Waals surface area contributed by atoms with Crippen molar-refractivity contribution in [3.63, 3.8) is 0 Å². The summed E-state index contributed by atoms with van der Waals surface area (Å²) < 4.78 is 5.15. The Morgan fingerprint density at radius 3 is 2.45 bits per heavy atom. The molecule has 0 fully saturated rings. The van der Waals surface area contributed by atoms with Crippen LogP contribution in [0, 0.1) is 0 Å². The van der Waals surface area contributed by atoms with E-state index in [0.717, 1.165) is 12.1 Å². The number of rotatable bonds is 5. The maximum absolute atomic E-state index is 5.15. The van der Waals surface area contributed by atoms with Gasteiger partial charge in [-0.2, -0.15) is 0 Å². The monoisotopic (exact) mass is 157 g/mol. The first-order valence-electron chi connectivity index (χ1n) is 3.98. The van der Waals surface area contributed by atoms with Crippen molar-refractivity contribution in [2.75, 3.05) is 13.7 Å². The van der Waals surface area contributed by atoms with Crippen LogP contribution in [0.1, 0.15) is 20.8 Å². The molecule has 1 N–H and O–H groups in total. The zero-order valence-corrected chi connectivity index (χ0v) is 7.98. The molecular formula is C9H19NO. The smallest absolute Gasteiger partial charge is 0.0693 e. The van der Waals surface area contributed by atoms with Crippen LogP contribution in [-0.4, -0.2) is 25.8 Å². The van der Waals surface area contributed by atoms with Crippen LogP contribution in [-0.2, 0) is 4.74 Å². The molecular weight excluding hydrogens is 138 g/mol. The third-order valence-corrected chi connectivity index (χ3v) is 1.80. The summed E-state index contributed by atoms with van der Waals surface area (Å²) in [5, 5.41) is 3.31. The Kier molecular flexibility index (Phi) is 5.16. The molecule has 0 aliphatic rings. The highest BCUT2D eigenvalue weighted by Gasteiger charge is 2.08. The second-order valence-corrected chi connectivity index (χ2v) is 3.07. The van der Waals surface area contributed by atoms with Crippen molar-refractivity contribution in [1.82, 2.24) is 5.32 Å². The van der Waals surface area contributed by atoms with Gasteiger partial charge in [0.15, 0.2) is 0 Å². The molecule has 66 valence electrons. The van der Waals surface area contributed by atoms with Gasteiger partial charge in [0.2, 0.25) is 0 Å². The summed E-state index contributed by atoms with van der Waals surface area (Å²) >= 11 is 0. The summed E-state index contributed by atoms with van der Waals surface area (Å²) in [5.74, 6) is 0. The van der Waals surface area contributed by atoms with Crippen molar-refractivity contribution in [2.24, 2.45) is 0 Å². The topological polar surface area (TPSA) is 21.3 Å². The standard InChI is InChI=1S/C9H19NO/c1-7(2)6-10-8(3)9(4)11-5/h8-10H,1,6H2,2-5H3. The molecule has 0 aliphatic carbocycles. The van der Waals surface area contributed by atoms with Gasteiger partial charge in [-0.15, -0.1) is 0 Å². The number of methoxy groups -OCH3 is 1. The van der Waals surface area contributed by atoms with Crippen molar-refractivity contribution in [1.29, 1.82) is 0 Å². The van der Waals surface area contributed by atoms with E-state index in [-0.39, 0.29) is 6.10 Å². The maximum Gasteiger partial charge on any atom is 0.0693 e. The highest BCUT2D eigenvalue weighted by Crippen LogP contribution is 1.96. The zero-order valence-electron chi connectivity index (χ0n) is 7.98. The normalized spacial score (nSPS) is 16.0. The SMILES string of the molecule is C=C(C)CNC(C)C(C)OC. The highest BCUT2D eigenvalue weighted by molar-refractivity contribution is 4.91. The van der Waals surface area contributed by atoms with Crippen molar-refractivity contribution in [2.45, 2.75) is 32.9 Å². The molecule has 0 bridgehead atoms. The van der Waals surface area contributed by atoms with Gasteiger partial charge in [0.25, 0.3) is 0 Å². The van der Waals surface area contributed by atoms with Gasteiger partial charge < -0.3 is 10.1 Å². The van der Waals surface area contributed by atoms with E-state index in [4.69, 9.17) is 4.74 Å². The number of nitrogens with one attached hydrogen (secondary N) is 1. The van der Waals surface area contributed by atoms with Crippen molar-refractivity contribution in [3.8, 4) is 0 Å². The third kappa shape index (κ3) is 4.99. The van der Waals surface area contributed by atoms with Gasteiger partial charge in [-0.3, -0.25) is 0 Å². The summed E-state index contributed by atoms with van der Waals surface area (Å²) in [5.41, 5.74) is 1.15. The molecule has 0 amide bonds. The quantitative estimate of drug-likeness (QED) is 0.612. The largest absolute Gasteiger partial charge is 0.380 e. The fraction of sp³-hybridized carbons (Fsp3) is 0.778. The van der Waals surface area contributed by atoms with Crippen LogP contribution in [0.4, 0.5) is 0 Å². The van der Waals surface area contributed by atoms with Crippen molar-refractivity contribution < 1.29 is 4.74 Å². The second-order valence-electron chi connectivity index (χ2n) is 3.07. The van der Waals surface area contributed by atoms with Gasteiger partial charge >= 0.3 is 0 Å². The van der Waals surface area contributed by atoms with Gasteiger partial charge in [0.05, 0.1) is 6.10 Å². The fourth-order valence-corrected chi connectivity index (χ4v) is 0.705. The lowest BCUT2D eigenvalue weighted by atomic mass is 10.2. The Hall–Kier alpha value is -0.340. The Balaban J connectivity index is 3.51. The molecule has 0 radical (unpaired) electrons. The van der Waals surface area contributed by atoms with Crippen LogP contribution in [0.3, 0.4) is 0 Å². The summed E-state index contributed by atoms with van der Waals surface area (Å²) in [6.45, 7) is 10.8. The van der Waals surface area contributed by atoms with Crippen LogP contribution >= 0.6 is 0 Å². The molecule has 0 spiro atoms. The third-order valence-electron chi connectivity index (χ3n) is 1.80. The Morgan fingerprint density at radius 2 is 2.09 bits per heavy atom. The first kappa shape index (κ1) is 10.7. The maximum atomic E-state index is 5.15.